The molecule has 7 nitrogen and oxygen atoms in total. The highest BCUT2D eigenvalue weighted by Crippen LogP contribution is 2.30. The van der Waals surface area contributed by atoms with Crippen LogP contribution in [0.5, 0.6) is 5.75 Å². The summed E-state index contributed by atoms with van der Waals surface area (Å²) in [6.45, 7) is 4.71. The molecule has 10 heteroatoms. The molecular weight excluding hydrogens is 426 g/mol. The summed E-state index contributed by atoms with van der Waals surface area (Å²) in [5, 5.41) is 3.63. The van der Waals surface area contributed by atoms with E-state index in [2.05, 4.69) is 20.3 Å². The summed E-state index contributed by atoms with van der Waals surface area (Å²) in [4.78, 5) is 25.7. The molecule has 1 aliphatic rings. The number of carbonyl (C=O) groups is 1. The first-order valence-electron chi connectivity index (χ1n) is 9.62. The summed E-state index contributed by atoms with van der Waals surface area (Å²) < 4.78 is 36.4. The number of benzene rings is 1. The van der Waals surface area contributed by atoms with Gasteiger partial charge in [-0.2, -0.15) is 0 Å². The van der Waals surface area contributed by atoms with E-state index in [0.29, 0.717) is 30.1 Å². The Kier molecular flexibility index (Phi) is 6.19. The fraction of sp³-hybridized carbons (Fsp3) is 0.333. The molecule has 162 valence electrons. The highest BCUT2D eigenvalue weighted by molar-refractivity contribution is 7.14. The number of ether oxygens (including phenoxy) is 2. The fourth-order valence-electron chi connectivity index (χ4n) is 2.93. The standard InChI is InChI=1S/C21H20F2N4O3S/c1-11-6-26-21(31-11)14-3-13(4-16(5-14)30-17-9-29-10-17)20(28)27-12(2)15-7-24-19(18(22)23)25-8-15/h3-8,12,17-18H,9-10H2,1-2H3,(H,27,28)/t12-/m1/s1. The highest BCUT2D eigenvalue weighted by Gasteiger charge is 2.22. The molecule has 0 spiro atoms. The minimum Gasteiger partial charge on any atom is -0.486 e. The number of hydrogen-bond donors (Lipinski definition) is 1. The number of thiazole rings is 1. The van der Waals surface area contributed by atoms with Crippen molar-refractivity contribution in [2.24, 2.45) is 0 Å². The number of halogens is 2. The van der Waals surface area contributed by atoms with Gasteiger partial charge in [0.1, 0.15) is 16.9 Å². The third-order valence-corrected chi connectivity index (χ3v) is 5.64. The molecule has 0 saturated carbocycles. The van der Waals surface area contributed by atoms with Crippen molar-refractivity contribution in [3.8, 4) is 16.3 Å². The van der Waals surface area contributed by atoms with Crippen molar-refractivity contribution < 1.29 is 23.0 Å². The monoisotopic (exact) mass is 446 g/mol. The first kappa shape index (κ1) is 21.3. The van der Waals surface area contributed by atoms with Gasteiger partial charge in [0.25, 0.3) is 12.3 Å². The zero-order chi connectivity index (χ0) is 22.0. The normalized spacial score (nSPS) is 14.9. The number of amides is 1. The van der Waals surface area contributed by atoms with E-state index in [-0.39, 0.29) is 12.0 Å². The maximum atomic E-state index is 12.9. The molecule has 0 aliphatic carbocycles. The lowest BCUT2D eigenvalue weighted by Gasteiger charge is -2.27. The largest absolute Gasteiger partial charge is 0.486 e. The van der Waals surface area contributed by atoms with Gasteiger partial charge in [-0.25, -0.2) is 23.7 Å². The van der Waals surface area contributed by atoms with Gasteiger partial charge in [0.05, 0.1) is 19.3 Å². The average Bonchev–Trinajstić information content (AvgIpc) is 3.17. The predicted molar refractivity (Wildman–Crippen MR) is 110 cm³/mol. The van der Waals surface area contributed by atoms with Crippen LogP contribution in [-0.4, -0.2) is 40.2 Å². The number of carbonyl (C=O) groups excluding carboxylic acids is 1. The molecule has 3 heterocycles. The highest BCUT2D eigenvalue weighted by atomic mass is 32.1. The quantitative estimate of drug-likeness (QED) is 0.588. The molecule has 0 bridgehead atoms. The Labute approximate surface area is 181 Å². The SMILES string of the molecule is Cc1cnc(-c2cc(OC3COC3)cc(C(=O)N[C@H](C)c3cnc(C(F)F)nc3)c2)s1. The summed E-state index contributed by atoms with van der Waals surface area (Å²) in [7, 11) is 0. The molecule has 0 radical (unpaired) electrons. The molecule has 4 rings (SSSR count). The molecule has 1 aliphatic heterocycles. The second-order valence-corrected chi connectivity index (χ2v) is 8.40. The van der Waals surface area contributed by atoms with Crippen LogP contribution in [0.15, 0.2) is 36.8 Å². The third kappa shape index (κ3) is 5.02. The summed E-state index contributed by atoms with van der Waals surface area (Å²) in [6, 6.07) is 4.80. The molecule has 1 N–H and O–H groups in total. The predicted octanol–water partition coefficient (Wildman–Crippen LogP) is 4.11. The molecule has 31 heavy (non-hydrogen) atoms. The van der Waals surface area contributed by atoms with Crippen molar-refractivity contribution in [3.63, 3.8) is 0 Å². The smallest absolute Gasteiger partial charge is 0.297 e. The molecule has 2 aromatic heterocycles. The molecule has 1 aromatic carbocycles. The van der Waals surface area contributed by atoms with Crippen LogP contribution in [0.25, 0.3) is 10.6 Å². The van der Waals surface area contributed by atoms with Crippen molar-refractivity contribution in [2.75, 3.05) is 13.2 Å². The topological polar surface area (TPSA) is 86.2 Å². The summed E-state index contributed by atoms with van der Waals surface area (Å²) >= 11 is 1.52. The van der Waals surface area contributed by atoms with E-state index in [1.54, 1.807) is 25.3 Å². The van der Waals surface area contributed by atoms with Gasteiger partial charge in [-0.05, 0) is 32.0 Å². The Morgan fingerprint density at radius 2 is 1.94 bits per heavy atom. The minimum atomic E-state index is -2.74. The zero-order valence-electron chi connectivity index (χ0n) is 16.8. The number of aryl methyl sites for hydroxylation is 1. The van der Waals surface area contributed by atoms with Crippen LogP contribution in [-0.2, 0) is 4.74 Å². The maximum Gasteiger partial charge on any atom is 0.297 e. The van der Waals surface area contributed by atoms with Gasteiger partial charge in [-0.1, -0.05) is 0 Å². The van der Waals surface area contributed by atoms with E-state index < -0.39 is 18.3 Å². The van der Waals surface area contributed by atoms with E-state index in [0.717, 1.165) is 15.4 Å². The molecule has 0 unspecified atom stereocenters. The summed E-state index contributed by atoms with van der Waals surface area (Å²) in [5.41, 5.74) is 1.70. The number of nitrogens with zero attached hydrogens (tertiary/aromatic N) is 3. The Morgan fingerprint density at radius 3 is 2.52 bits per heavy atom. The van der Waals surface area contributed by atoms with E-state index in [1.807, 2.05) is 13.0 Å². The van der Waals surface area contributed by atoms with Crippen molar-refractivity contribution in [1.29, 1.82) is 0 Å². The van der Waals surface area contributed by atoms with Crippen LogP contribution in [0.1, 0.15) is 46.0 Å². The Bertz CT molecular complexity index is 1070. The number of alkyl halides is 2. The van der Waals surface area contributed by atoms with Crippen LogP contribution in [0.4, 0.5) is 8.78 Å². The zero-order valence-corrected chi connectivity index (χ0v) is 17.7. The Balaban J connectivity index is 1.56. The van der Waals surface area contributed by atoms with Gasteiger partial charge in [-0.15, -0.1) is 11.3 Å². The van der Waals surface area contributed by atoms with Gasteiger partial charge in [0, 0.05) is 40.2 Å². The van der Waals surface area contributed by atoms with E-state index >= 15 is 0 Å². The first-order valence-corrected chi connectivity index (χ1v) is 10.4. The number of rotatable bonds is 7. The Hall–Kier alpha value is -2.98. The first-order chi connectivity index (χ1) is 14.9. The molecule has 1 amide bonds. The molecule has 1 saturated heterocycles. The minimum absolute atomic E-state index is 0.0476. The van der Waals surface area contributed by atoms with Gasteiger partial charge >= 0.3 is 0 Å². The molecular formula is C21H20F2N4O3S. The van der Waals surface area contributed by atoms with Crippen LogP contribution in [0.2, 0.25) is 0 Å². The third-order valence-electron chi connectivity index (χ3n) is 4.68. The fourth-order valence-corrected chi connectivity index (χ4v) is 3.68. The van der Waals surface area contributed by atoms with Gasteiger partial charge in [0.15, 0.2) is 5.82 Å². The van der Waals surface area contributed by atoms with Crippen LogP contribution >= 0.6 is 11.3 Å². The summed E-state index contributed by atoms with van der Waals surface area (Å²) in [6.07, 6.45) is 1.57. The average molecular weight is 446 g/mol. The van der Waals surface area contributed by atoms with Crippen molar-refractivity contribution in [3.05, 3.63) is 58.6 Å². The lowest BCUT2D eigenvalue weighted by Crippen LogP contribution is -2.38. The van der Waals surface area contributed by atoms with Gasteiger partial charge in [-0.3, -0.25) is 4.79 Å². The molecule has 1 atom stereocenters. The Morgan fingerprint density at radius 1 is 1.19 bits per heavy atom. The lowest BCUT2D eigenvalue weighted by molar-refractivity contribution is -0.0796. The second-order valence-electron chi connectivity index (χ2n) is 7.17. The van der Waals surface area contributed by atoms with Crippen molar-refractivity contribution in [1.82, 2.24) is 20.3 Å². The number of hydrogen-bond acceptors (Lipinski definition) is 7. The number of nitrogens with one attached hydrogen (secondary N) is 1. The maximum absolute atomic E-state index is 12.9. The van der Waals surface area contributed by atoms with Crippen LogP contribution in [0, 0.1) is 6.92 Å². The van der Waals surface area contributed by atoms with Crippen molar-refractivity contribution >= 4 is 17.2 Å². The molecule has 3 aromatic rings. The second kappa shape index (κ2) is 9.03. The van der Waals surface area contributed by atoms with Crippen LogP contribution in [0.3, 0.4) is 0 Å². The van der Waals surface area contributed by atoms with Crippen LogP contribution < -0.4 is 10.1 Å². The van der Waals surface area contributed by atoms with Gasteiger partial charge in [0.2, 0.25) is 0 Å². The van der Waals surface area contributed by atoms with Crippen molar-refractivity contribution in [2.45, 2.75) is 32.4 Å². The lowest BCUT2D eigenvalue weighted by atomic mass is 10.1. The summed E-state index contributed by atoms with van der Waals surface area (Å²) in [5.74, 6) is -0.327. The van der Waals surface area contributed by atoms with E-state index in [9.17, 15) is 13.6 Å². The van der Waals surface area contributed by atoms with Gasteiger partial charge < -0.3 is 14.8 Å². The van der Waals surface area contributed by atoms with E-state index in [4.69, 9.17) is 9.47 Å². The molecule has 1 fully saturated rings. The number of aromatic nitrogens is 3. The van der Waals surface area contributed by atoms with E-state index in [1.165, 1.54) is 23.7 Å².